The van der Waals surface area contributed by atoms with Crippen LogP contribution in [0.15, 0.2) is 31.3 Å². The number of nitrogens with two attached hydrogens (primary N) is 1. The first-order valence-corrected chi connectivity index (χ1v) is 6.79. The highest BCUT2D eigenvalue weighted by Gasteiger charge is 2.32. The lowest BCUT2D eigenvalue weighted by Crippen LogP contribution is -2.31. The number of nitrogens with zero attached hydrogens (tertiary/aromatic N) is 7. The smallest absolute Gasteiger partial charge is 0.343 e. The predicted octanol–water partition coefficient (Wildman–Crippen LogP) is 0.0544. The molecular weight excluding hydrogens is 310 g/mol. The third kappa shape index (κ3) is 2.39. The van der Waals surface area contributed by atoms with Crippen molar-refractivity contribution in [2.24, 2.45) is 25.7 Å². The monoisotopic (exact) mass is 319 g/mol. The normalized spacial score (nSPS) is 19.1. The van der Waals surface area contributed by atoms with Gasteiger partial charge in [0.05, 0.1) is 4.92 Å². The van der Waals surface area contributed by atoms with Crippen LogP contribution < -0.4 is 11.1 Å². The minimum Gasteiger partial charge on any atom is -0.368 e. The molecule has 0 aliphatic carbocycles. The molecule has 0 radical (unpaired) electrons. The number of anilines is 1. The molecule has 3 heterocycles. The molecule has 0 bridgehead atoms. The van der Waals surface area contributed by atoms with E-state index in [1.165, 1.54) is 12.7 Å². The minimum absolute atomic E-state index is 0.0218. The maximum Gasteiger partial charge on any atom is 0.343 e. The summed E-state index contributed by atoms with van der Waals surface area (Å²) in [6.07, 6.45) is 2.58. The van der Waals surface area contributed by atoms with Crippen LogP contribution in [-0.2, 0) is 0 Å². The first-order valence-electron chi connectivity index (χ1n) is 5.97. The predicted molar refractivity (Wildman–Crippen MR) is 82.9 cm³/mol. The zero-order valence-corrected chi connectivity index (χ0v) is 12.0. The van der Waals surface area contributed by atoms with Crippen molar-refractivity contribution in [3.05, 3.63) is 16.4 Å². The van der Waals surface area contributed by atoms with Gasteiger partial charge in [-0.15, -0.1) is 0 Å². The molecular formula is C10H9N9O2S. The van der Waals surface area contributed by atoms with Gasteiger partial charge < -0.3 is 11.1 Å². The molecule has 0 aromatic carbocycles. The molecule has 1 atom stereocenters. The van der Waals surface area contributed by atoms with E-state index < -0.39 is 11.0 Å². The summed E-state index contributed by atoms with van der Waals surface area (Å²) < 4.78 is 0. The molecule has 0 amide bonds. The van der Waals surface area contributed by atoms with Crippen molar-refractivity contribution < 1.29 is 4.92 Å². The molecule has 0 saturated carbocycles. The number of hydrogen-bond acceptors (Lipinski definition) is 11. The van der Waals surface area contributed by atoms with Crippen LogP contribution in [0.25, 0.3) is 0 Å². The zero-order chi connectivity index (χ0) is 15.7. The Hall–Kier alpha value is -2.89. The molecule has 3 rings (SSSR count). The van der Waals surface area contributed by atoms with E-state index in [0.717, 1.165) is 11.8 Å². The van der Waals surface area contributed by atoms with Gasteiger partial charge in [0.1, 0.15) is 17.7 Å². The summed E-state index contributed by atoms with van der Waals surface area (Å²) in [4.78, 5) is 34.6. The maximum atomic E-state index is 11.3. The molecule has 3 N–H and O–H groups in total. The van der Waals surface area contributed by atoms with Gasteiger partial charge in [0, 0.05) is 7.05 Å². The van der Waals surface area contributed by atoms with E-state index in [-0.39, 0.29) is 22.5 Å². The van der Waals surface area contributed by atoms with Crippen molar-refractivity contribution in [1.82, 2.24) is 9.97 Å². The number of fused-ring (bicyclic) bond motifs is 1. The second kappa shape index (κ2) is 5.48. The summed E-state index contributed by atoms with van der Waals surface area (Å²) in [6, 6.07) is -0.509. The Bertz CT molecular complexity index is 770. The van der Waals surface area contributed by atoms with Crippen LogP contribution in [0.1, 0.15) is 0 Å². The van der Waals surface area contributed by atoms with Gasteiger partial charge in [-0.1, -0.05) is 0 Å². The van der Waals surface area contributed by atoms with Crippen LogP contribution in [0.4, 0.5) is 11.5 Å². The van der Waals surface area contributed by atoms with E-state index in [9.17, 15) is 10.1 Å². The van der Waals surface area contributed by atoms with Crippen molar-refractivity contribution in [2.75, 3.05) is 12.4 Å². The van der Waals surface area contributed by atoms with Crippen LogP contribution in [-0.4, -0.2) is 51.2 Å². The molecule has 22 heavy (non-hydrogen) atoms. The zero-order valence-electron chi connectivity index (χ0n) is 11.2. The van der Waals surface area contributed by atoms with Gasteiger partial charge >= 0.3 is 5.69 Å². The summed E-state index contributed by atoms with van der Waals surface area (Å²) in [5, 5.41) is 14.5. The number of hydrogen-bond donors (Lipinski definition) is 2. The SMILES string of the molecule is CNc1ncnc(SC2=NC(N)=NC3=NC=NC32)c1[N+](=O)[O-]. The van der Waals surface area contributed by atoms with Crippen LogP contribution in [0.5, 0.6) is 0 Å². The van der Waals surface area contributed by atoms with E-state index >= 15 is 0 Å². The van der Waals surface area contributed by atoms with E-state index in [0.29, 0.717) is 10.9 Å². The van der Waals surface area contributed by atoms with Crippen LogP contribution in [0.3, 0.4) is 0 Å². The van der Waals surface area contributed by atoms with Crippen molar-refractivity contribution in [2.45, 2.75) is 11.1 Å². The quantitative estimate of drug-likeness (QED) is 0.453. The van der Waals surface area contributed by atoms with Crippen molar-refractivity contribution in [1.29, 1.82) is 0 Å². The Balaban J connectivity index is 2.00. The van der Waals surface area contributed by atoms with Gasteiger partial charge in [0.2, 0.25) is 11.8 Å². The number of guanidine groups is 1. The highest BCUT2D eigenvalue weighted by Crippen LogP contribution is 2.34. The average molecular weight is 319 g/mol. The topological polar surface area (TPSA) is 156 Å². The second-order valence-corrected chi connectivity index (χ2v) is 5.07. The highest BCUT2D eigenvalue weighted by atomic mass is 32.2. The van der Waals surface area contributed by atoms with Gasteiger partial charge in [0.15, 0.2) is 16.9 Å². The van der Waals surface area contributed by atoms with Crippen molar-refractivity contribution >= 4 is 46.4 Å². The Morgan fingerprint density at radius 2 is 2.23 bits per heavy atom. The molecule has 2 aliphatic heterocycles. The second-order valence-electron chi connectivity index (χ2n) is 4.06. The standard InChI is InChI=1S/C10H9N9O2S/c1-12-7-5(19(20)21)9(16-3-15-7)22-8-4-6(14-2-13-4)17-10(11)18-8/h2-4H,1H3,(H,12,15,16)(H2,11,13,14,17). The first-order chi connectivity index (χ1) is 10.6. The molecule has 1 aromatic heterocycles. The first kappa shape index (κ1) is 14.1. The number of nitro groups is 1. The number of rotatable bonds is 3. The molecule has 112 valence electrons. The largest absolute Gasteiger partial charge is 0.368 e. The number of aliphatic imine (C=N–C) groups is 4. The molecule has 12 heteroatoms. The number of nitrogens with one attached hydrogen (secondary N) is 1. The van der Waals surface area contributed by atoms with Crippen LogP contribution >= 0.6 is 11.8 Å². The molecule has 0 fully saturated rings. The average Bonchev–Trinajstić information content (AvgIpc) is 2.94. The van der Waals surface area contributed by atoms with Gasteiger partial charge in [0.25, 0.3) is 0 Å². The molecule has 0 saturated heterocycles. The number of thioether (sulfide) groups is 1. The third-order valence-electron chi connectivity index (χ3n) is 2.75. The summed E-state index contributed by atoms with van der Waals surface area (Å²) >= 11 is 0.991. The van der Waals surface area contributed by atoms with E-state index in [4.69, 9.17) is 5.73 Å². The third-order valence-corrected chi connectivity index (χ3v) is 3.76. The lowest BCUT2D eigenvalue weighted by atomic mass is 10.3. The highest BCUT2D eigenvalue weighted by molar-refractivity contribution is 8.14. The van der Waals surface area contributed by atoms with E-state index in [1.54, 1.807) is 7.05 Å². The summed E-state index contributed by atoms with van der Waals surface area (Å²) in [5.41, 5.74) is 5.39. The summed E-state index contributed by atoms with van der Waals surface area (Å²) in [5.74, 6) is 0.540. The molecule has 0 spiro atoms. The lowest BCUT2D eigenvalue weighted by Gasteiger charge is -2.15. The molecule has 11 nitrogen and oxygen atoms in total. The van der Waals surface area contributed by atoms with E-state index in [1.807, 2.05) is 0 Å². The van der Waals surface area contributed by atoms with E-state index in [2.05, 4.69) is 35.3 Å². The number of amidine groups is 1. The Labute approximate surface area is 127 Å². The van der Waals surface area contributed by atoms with Gasteiger partial charge in [-0.05, 0) is 11.8 Å². The Kier molecular flexibility index (Phi) is 3.50. The summed E-state index contributed by atoms with van der Waals surface area (Å²) in [6.45, 7) is 0. The van der Waals surface area contributed by atoms with Gasteiger partial charge in [-0.2, -0.15) is 4.99 Å². The van der Waals surface area contributed by atoms with Gasteiger partial charge in [-0.3, -0.25) is 15.1 Å². The minimum atomic E-state index is -0.554. The fraction of sp³-hybridized carbons (Fsp3) is 0.200. The van der Waals surface area contributed by atoms with Crippen LogP contribution in [0, 0.1) is 10.1 Å². The van der Waals surface area contributed by atoms with Crippen molar-refractivity contribution in [3.8, 4) is 0 Å². The fourth-order valence-corrected chi connectivity index (χ4v) is 2.82. The van der Waals surface area contributed by atoms with Crippen LogP contribution in [0.2, 0.25) is 0 Å². The molecule has 1 unspecified atom stereocenters. The summed E-state index contributed by atoms with van der Waals surface area (Å²) in [7, 11) is 1.54. The Morgan fingerprint density at radius 1 is 1.41 bits per heavy atom. The fourth-order valence-electron chi connectivity index (χ4n) is 1.84. The van der Waals surface area contributed by atoms with Gasteiger partial charge in [-0.25, -0.2) is 20.0 Å². The number of aromatic nitrogens is 2. The van der Waals surface area contributed by atoms with Crippen molar-refractivity contribution in [3.63, 3.8) is 0 Å². The lowest BCUT2D eigenvalue weighted by molar-refractivity contribution is -0.387. The Morgan fingerprint density at radius 3 is 2.95 bits per heavy atom. The molecule has 2 aliphatic rings. The maximum absolute atomic E-state index is 11.3. The molecule has 1 aromatic rings.